The van der Waals surface area contributed by atoms with Crippen molar-refractivity contribution in [1.82, 2.24) is 0 Å². The highest BCUT2D eigenvalue weighted by molar-refractivity contribution is 7.92. The number of amides is 1. The molecule has 0 aliphatic heterocycles. The first-order valence-corrected chi connectivity index (χ1v) is 12.2. The van der Waals surface area contributed by atoms with Gasteiger partial charge in [0.25, 0.3) is 15.9 Å². The first-order valence-electron chi connectivity index (χ1n) is 9.17. The van der Waals surface area contributed by atoms with Gasteiger partial charge in [0.15, 0.2) is 0 Å². The van der Waals surface area contributed by atoms with E-state index in [9.17, 15) is 21.8 Å². The maximum Gasteiger partial charge on any atom is 0.264 e. The minimum atomic E-state index is -4.00. The molecule has 0 bridgehead atoms. The lowest BCUT2D eigenvalue weighted by molar-refractivity contribution is 0.102. The Balaban J connectivity index is 1.86. The number of rotatable bonds is 6. The molecule has 0 aliphatic rings. The number of hydrogen-bond donors (Lipinski definition) is 1. The number of nitrogens with zero attached hydrogens (tertiary/aromatic N) is 2. The lowest BCUT2D eigenvalue weighted by Crippen LogP contribution is -2.27. The molecule has 7 nitrogen and oxygen atoms in total. The van der Waals surface area contributed by atoms with Gasteiger partial charge in [-0.25, -0.2) is 12.8 Å². The van der Waals surface area contributed by atoms with Crippen LogP contribution < -0.4 is 9.62 Å². The molecule has 1 atom stereocenters. The van der Waals surface area contributed by atoms with E-state index in [1.54, 1.807) is 30.3 Å². The molecule has 1 N–H and O–H groups in total. The average molecular weight is 472 g/mol. The van der Waals surface area contributed by atoms with Gasteiger partial charge in [-0.15, -0.1) is 0 Å². The van der Waals surface area contributed by atoms with E-state index < -0.39 is 32.5 Å². The number of carbonyl (C=O) groups is 1. The normalized spacial score (nSPS) is 11.9. The molecule has 1 unspecified atom stereocenters. The van der Waals surface area contributed by atoms with E-state index in [2.05, 4.69) is 5.32 Å². The van der Waals surface area contributed by atoms with Gasteiger partial charge in [-0.05, 0) is 60.7 Å². The topological polar surface area (TPSA) is 107 Å². The second kappa shape index (κ2) is 9.30. The van der Waals surface area contributed by atoms with Gasteiger partial charge < -0.3 is 5.32 Å². The molecule has 164 valence electrons. The molecule has 3 rings (SSSR count). The molecule has 0 saturated heterocycles. The number of benzene rings is 3. The summed E-state index contributed by atoms with van der Waals surface area (Å²) in [6.07, 6.45) is 1.52. The summed E-state index contributed by atoms with van der Waals surface area (Å²) in [4.78, 5) is 13.0. The molecular formula is C22H18FN3O4S2. The summed E-state index contributed by atoms with van der Waals surface area (Å²) < 4.78 is 52.8. The van der Waals surface area contributed by atoms with Gasteiger partial charge >= 0.3 is 0 Å². The molecule has 0 aliphatic carbocycles. The first-order chi connectivity index (χ1) is 15.1. The lowest BCUT2D eigenvalue weighted by Gasteiger charge is -2.20. The van der Waals surface area contributed by atoms with Gasteiger partial charge in [0.05, 0.1) is 27.9 Å². The van der Waals surface area contributed by atoms with E-state index in [1.807, 2.05) is 0 Å². The van der Waals surface area contributed by atoms with Crippen molar-refractivity contribution in [3.05, 3.63) is 83.7 Å². The number of hydrogen-bond acceptors (Lipinski definition) is 5. The molecule has 0 saturated carbocycles. The van der Waals surface area contributed by atoms with Crippen LogP contribution in [0, 0.1) is 17.1 Å². The Morgan fingerprint density at radius 3 is 2.38 bits per heavy atom. The molecule has 32 heavy (non-hydrogen) atoms. The Labute approximate surface area is 187 Å². The second-order valence-corrected chi connectivity index (χ2v) is 10.1. The molecule has 0 spiro atoms. The number of nitrogens with one attached hydrogen (secondary N) is 1. The number of nitriles is 1. The number of anilines is 2. The van der Waals surface area contributed by atoms with Crippen LogP contribution in [0.3, 0.4) is 0 Å². The van der Waals surface area contributed by atoms with E-state index in [0.29, 0.717) is 10.6 Å². The Bertz CT molecular complexity index is 1350. The Hall–Kier alpha value is -3.55. The van der Waals surface area contributed by atoms with Gasteiger partial charge in [-0.1, -0.05) is 6.07 Å². The van der Waals surface area contributed by atoms with Gasteiger partial charge in [-0.3, -0.25) is 13.3 Å². The van der Waals surface area contributed by atoms with Crippen LogP contribution in [-0.4, -0.2) is 31.8 Å². The van der Waals surface area contributed by atoms with Gasteiger partial charge in [0, 0.05) is 34.6 Å². The zero-order chi connectivity index (χ0) is 23.5. The highest BCUT2D eigenvalue weighted by Crippen LogP contribution is 2.24. The maximum atomic E-state index is 14.1. The van der Waals surface area contributed by atoms with Crippen molar-refractivity contribution in [2.45, 2.75) is 9.79 Å². The van der Waals surface area contributed by atoms with Crippen molar-refractivity contribution in [2.24, 2.45) is 0 Å². The zero-order valence-corrected chi connectivity index (χ0v) is 18.7. The minimum absolute atomic E-state index is 0.0139. The van der Waals surface area contributed by atoms with Crippen LogP contribution in [0.5, 0.6) is 0 Å². The summed E-state index contributed by atoms with van der Waals surface area (Å²) in [6.45, 7) is 0. The molecule has 3 aromatic carbocycles. The minimum Gasteiger partial charge on any atom is -0.319 e. The molecule has 0 heterocycles. The summed E-state index contributed by atoms with van der Waals surface area (Å²) in [5.41, 5.74) is 0.344. The van der Waals surface area contributed by atoms with E-state index in [0.717, 1.165) is 10.4 Å². The smallest absolute Gasteiger partial charge is 0.264 e. The SMILES string of the molecule is CN(c1ccc(S(C)=O)cc1)S(=O)(=O)c1cccc(C(=O)Nc2ccc(C#N)cc2F)c1. The summed E-state index contributed by atoms with van der Waals surface area (Å²) in [6, 6.07) is 17.0. The quantitative estimate of drug-likeness (QED) is 0.592. The standard InChI is InChI=1S/C22H18FN3O4S2/c1-26(17-7-9-18(10-8-17)31(2)28)32(29,30)19-5-3-4-16(13-19)22(27)25-21-11-6-15(14-24)12-20(21)23/h3-13H,1-2H3,(H,25,27). The summed E-state index contributed by atoms with van der Waals surface area (Å²) in [7, 11) is -3.83. The van der Waals surface area contributed by atoms with Gasteiger partial charge in [0.1, 0.15) is 5.82 Å². The molecule has 1 amide bonds. The predicted octanol–water partition coefficient (Wildman–Crippen LogP) is 3.51. The summed E-state index contributed by atoms with van der Waals surface area (Å²) in [5, 5.41) is 11.2. The van der Waals surface area contributed by atoms with E-state index >= 15 is 0 Å². The highest BCUT2D eigenvalue weighted by atomic mass is 32.2. The van der Waals surface area contributed by atoms with Crippen molar-refractivity contribution in [3.8, 4) is 6.07 Å². The van der Waals surface area contributed by atoms with Gasteiger partial charge in [0.2, 0.25) is 0 Å². The Morgan fingerprint density at radius 1 is 1.09 bits per heavy atom. The van der Waals surface area contributed by atoms with Crippen molar-refractivity contribution in [1.29, 1.82) is 5.26 Å². The fourth-order valence-electron chi connectivity index (χ4n) is 2.82. The second-order valence-electron chi connectivity index (χ2n) is 6.71. The van der Waals surface area contributed by atoms with Crippen molar-refractivity contribution < 1.29 is 21.8 Å². The third-order valence-electron chi connectivity index (χ3n) is 4.63. The highest BCUT2D eigenvalue weighted by Gasteiger charge is 2.23. The summed E-state index contributed by atoms with van der Waals surface area (Å²) >= 11 is 0. The number of halogens is 1. The molecule has 10 heteroatoms. The third-order valence-corrected chi connectivity index (χ3v) is 7.35. The number of sulfonamides is 1. The lowest BCUT2D eigenvalue weighted by atomic mass is 10.2. The van der Waals surface area contributed by atoms with Crippen LogP contribution in [-0.2, 0) is 20.8 Å². The molecule has 0 aromatic heterocycles. The predicted molar refractivity (Wildman–Crippen MR) is 120 cm³/mol. The Morgan fingerprint density at radius 2 is 1.78 bits per heavy atom. The third kappa shape index (κ3) is 4.85. The van der Waals surface area contributed by atoms with Crippen LogP contribution in [0.2, 0.25) is 0 Å². The van der Waals surface area contributed by atoms with Crippen molar-refractivity contribution in [2.75, 3.05) is 22.9 Å². The molecule has 0 fully saturated rings. The first kappa shape index (κ1) is 23.1. The van der Waals surface area contributed by atoms with E-state index in [1.165, 1.54) is 49.7 Å². The zero-order valence-electron chi connectivity index (χ0n) is 17.1. The molecular weight excluding hydrogens is 453 g/mol. The van der Waals surface area contributed by atoms with Crippen molar-refractivity contribution >= 4 is 38.1 Å². The van der Waals surface area contributed by atoms with E-state index in [-0.39, 0.29) is 21.7 Å². The average Bonchev–Trinajstić information content (AvgIpc) is 2.79. The fraction of sp³-hybridized carbons (Fsp3) is 0.0909. The van der Waals surface area contributed by atoms with Crippen LogP contribution in [0.1, 0.15) is 15.9 Å². The maximum absolute atomic E-state index is 14.1. The van der Waals surface area contributed by atoms with Gasteiger partial charge in [-0.2, -0.15) is 5.26 Å². The van der Waals surface area contributed by atoms with Crippen LogP contribution in [0.15, 0.2) is 76.5 Å². The van der Waals surface area contributed by atoms with Crippen molar-refractivity contribution in [3.63, 3.8) is 0 Å². The Kier molecular flexibility index (Phi) is 6.72. The summed E-state index contributed by atoms with van der Waals surface area (Å²) in [5.74, 6) is -1.49. The van der Waals surface area contributed by atoms with Crippen LogP contribution >= 0.6 is 0 Å². The van der Waals surface area contributed by atoms with E-state index in [4.69, 9.17) is 5.26 Å². The fourth-order valence-corrected chi connectivity index (χ4v) is 4.58. The molecule has 3 aromatic rings. The van der Waals surface area contributed by atoms with Crippen LogP contribution in [0.4, 0.5) is 15.8 Å². The largest absolute Gasteiger partial charge is 0.319 e. The monoisotopic (exact) mass is 471 g/mol. The molecule has 0 radical (unpaired) electrons. The van der Waals surface area contributed by atoms with Crippen LogP contribution in [0.25, 0.3) is 0 Å². The number of carbonyl (C=O) groups excluding carboxylic acids is 1.